The molecule has 0 amide bonds. The van der Waals surface area contributed by atoms with Gasteiger partial charge in [0.25, 0.3) is 0 Å². The highest BCUT2D eigenvalue weighted by Crippen LogP contribution is 2.30. The highest BCUT2D eigenvalue weighted by molar-refractivity contribution is 5.96. The van der Waals surface area contributed by atoms with Crippen molar-refractivity contribution in [2.45, 2.75) is 13.8 Å². The van der Waals surface area contributed by atoms with E-state index in [-0.39, 0.29) is 5.75 Å². The molecule has 0 unspecified atom stereocenters. The van der Waals surface area contributed by atoms with Gasteiger partial charge >= 0.3 is 0 Å². The Hall–Kier alpha value is -2.80. The largest absolute Gasteiger partial charge is 0.508 e. The minimum absolute atomic E-state index is 0.214. The summed E-state index contributed by atoms with van der Waals surface area (Å²) in [4.78, 5) is 0. The number of hydrogen-bond acceptors (Lipinski definition) is 3. The van der Waals surface area contributed by atoms with Crippen LogP contribution in [0.5, 0.6) is 5.75 Å². The lowest BCUT2D eigenvalue weighted by Gasteiger charge is -2.03. The monoisotopic (exact) mass is 279 g/mol. The van der Waals surface area contributed by atoms with Gasteiger partial charge in [-0.3, -0.25) is 4.68 Å². The van der Waals surface area contributed by atoms with Crippen molar-refractivity contribution in [1.82, 2.24) is 9.78 Å². The molecule has 106 valence electrons. The molecule has 0 spiro atoms. The van der Waals surface area contributed by atoms with Crippen molar-refractivity contribution in [3.05, 3.63) is 48.2 Å². The molecular weight excluding hydrogens is 262 g/mol. The van der Waals surface area contributed by atoms with Crippen LogP contribution in [-0.2, 0) is 7.05 Å². The first kappa shape index (κ1) is 14.6. The normalized spacial score (nSPS) is 9.81. The van der Waals surface area contributed by atoms with Crippen LogP contribution in [0.3, 0.4) is 0 Å². The summed E-state index contributed by atoms with van der Waals surface area (Å²) in [6.45, 7) is 4.00. The van der Waals surface area contributed by atoms with E-state index >= 15 is 0 Å². The van der Waals surface area contributed by atoms with E-state index < -0.39 is 0 Å². The first-order chi connectivity index (χ1) is 10.2. The molecule has 1 heterocycles. The highest BCUT2D eigenvalue weighted by atomic mass is 16.3. The van der Waals surface area contributed by atoms with Crippen LogP contribution in [0.1, 0.15) is 19.5 Å². The van der Waals surface area contributed by atoms with E-state index in [0.29, 0.717) is 5.69 Å². The number of fused-ring (bicyclic) bond motifs is 1. The molecule has 3 rings (SSSR count). The van der Waals surface area contributed by atoms with E-state index in [4.69, 9.17) is 5.26 Å². The Morgan fingerprint density at radius 3 is 2.52 bits per heavy atom. The quantitative estimate of drug-likeness (QED) is 0.736. The molecule has 4 heteroatoms. The lowest BCUT2D eigenvalue weighted by atomic mass is 10.0. The molecule has 0 aliphatic rings. The van der Waals surface area contributed by atoms with Crippen LogP contribution in [0.25, 0.3) is 22.0 Å². The third-order valence-electron chi connectivity index (χ3n) is 3.13. The van der Waals surface area contributed by atoms with Crippen molar-refractivity contribution in [1.29, 1.82) is 5.26 Å². The molecule has 2 aromatic carbocycles. The first-order valence-electron chi connectivity index (χ1n) is 6.86. The molecule has 1 aromatic heterocycles. The predicted octanol–water partition coefficient (Wildman–Crippen LogP) is 3.84. The van der Waals surface area contributed by atoms with Gasteiger partial charge < -0.3 is 5.11 Å². The minimum Gasteiger partial charge on any atom is -0.508 e. The summed E-state index contributed by atoms with van der Waals surface area (Å²) in [6, 6.07) is 14.9. The van der Waals surface area contributed by atoms with Crippen molar-refractivity contribution in [2.75, 3.05) is 0 Å². The maximum atomic E-state index is 9.57. The van der Waals surface area contributed by atoms with Crippen molar-refractivity contribution >= 4 is 10.9 Å². The van der Waals surface area contributed by atoms with Crippen LogP contribution in [0.4, 0.5) is 0 Å². The summed E-state index contributed by atoms with van der Waals surface area (Å²) in [5, 5.41) is 24.0. The summed E-state index contributed by atoms with van der Waals surface area (Å²) < 4.78 is 1.58. The second-order valence-electron chi connectivity index (χ2n) is 4.34. The molecule has 0 aliphatic heterocycles. The predicted molar refractivity (Wildman–Crippen MR) is 83.9 cm³/mol. The summed E-state index contributed by atoms with van der Waals surface area (Å²) in [6.07, 6.45) is 0. The van der Waals surface area contributed by atoms with Crippen LogP contribution < -0.4 is 0 Å². The van der Waals surface area contributed by atoms with Crippen LogP contribution in [0, 0.1) is 11.3 Å². The van der Waals surface area contributed by atoms with Crippen LogP contribution in [0.2, 0.25) is 0 Å². The molecule has 0 bridgehead atoms. The molecule has 21 heavy (non-hydrogen) atoms. The Morgan fingerprint density at radius 2 is 1.86 bits per heavy atom. The maximum absolute atomic E-state index is 9.57. The van der Waals surface area contributed by atoms with Gasteiger partial charge in [0, 0.05) is 18.0 Å². The Bertz CT molecular complexity index is 813. The Kier molecular flexibility index (Phi) is 4.24. The zero-order valence-electron chi connectivity index (χ0n) is 12.3. The molecule has 0 saturated heterocycles. The van der Waals surface area contributed by atoms with E-state index in [2.05, 4.69) is 11.2 Å². The lowest BCUT2D eigenvalue weighted by Crippen LogP contribution is -1.92. The van der Waals surface area contributed by atoms with Crippen molar-refractivity contribution < 1.29 is 5.11 Å². The lowest BCUT2D eigenvalue weighted by molar-refractivity contribution is 0.475. The number of benzene rings is 2. The Morgan fingerprint density at radius 1 is 1.14 bits per heavy atom. The molecule has 0 aliphatic carbocycles. The van der Waals surface area contributed by atoms with Crippen molar-refractivity contribution in [3.8, 4) is 22.9 Å². The molecule has 0 fully saturated rings. The van der Waals surface area contributed by atoms with Crippen molar-refractivity contribution in [3.63, 3.8) is 0 Å². The Labute approximate surface area is 123 Å². The van der Waals surface area contributed by atoms with Gasteiger partial charge in [-0.15, -0.1) is 0 Å². The number of rotatable bonds is 1. The van der Waals surface area contributed by atoms with E-state index in [0.717, 1.165) is 22.0 Å². The average molecular weight is 279 g/mol. The number of nitrogens with zero attached hydrogens (tertiary/aromatic N) is 3. The molecule has 4 nitrogen and oxygen atoms in total. The standard InChI is InChI=1S/C15H11N3O.C2H6/c1-18-14(9-16)13-7-3-6-12(15(13)17-18)10-4-2-5-11(19)8-10;1-2/h2-8,19H,1H3;1-2H3. The first-order valence-corrected chi connectivity index (χ1v) is 6.86. The van der Waals surface area contributed by atoms with E-state index in [1.54, 1.807) is 29.9 Å². The number of aromatic nitrogens is 2. The molecule has 3 aromatic rings. The summed E-state index contributed by atoms with van der Waals surface area (Å²) in [7, 11) is 1.75. The zero-order valence-corrected chi connectivity index (χ0v) is 12.3. The van der Waals surface area contributed by atoms with E-state index in [1.807, 2.05) is 38.1 Å². The van der Waals surface area contributed by atoms with Gasteiger partial charge in [0.15, 0.2) is 0 Å². The number of hydrogen-bond donors (Lipinski definition) is 1. The van der Waals surface area contributed by atoms with Crippen LogP contribution in [0.15, 0.2) is 42.5 Å². The fourth-order valence-electron chi connectivity index (χ4n) is 2.26. The number of phenols is 1. The van der Waals surface area contributed by atoms with Crippen molar-refractivity contribution in [2.24, 2.45) is 7.05 Å². The van der Waals surface area contributed by atoms with Crippen LogP contribution >= 0.6 is 0 Å². The second kappa shape index (κ2) is 6.10. The zero-order chi connectivity index (χ0) is 15.4. The van der Waals surface area contributed by atoms with Gasteiger partial charge in [0.05, 0.1) is 0 Å². The Balaban J connectivity index is 0.000000774. The third-order valence-corrected chi connectivity index (χ3v) is 3.13. The van der Waals surface area contributed by atoms with Gasteiger partial charge in [-0.1, -0.05) is 38.1 Å². The van der Waals surface area contributed by atoms with E-state index in [9.17, 15) is 5.11 Å². The number of aryl methyl sites for hydroxylation is 1. The number of nitriles is 1. The molecule has 0 radical (unpaired) electrons. The third kappa shape index (κ3) is 2.59. The summed E-state index contributed by atoms with van der Waals surface area (Å²) >= 11 is 0. The fraction of sp³-hybridized carbons (Fsp3) is 0.176. The highest BCUT2D eigenvalue weighted by Gasteiger charge is 2.12. The van der Waals surface area contributed by atoms with Gasteiger partial charge in [-0.25, -0.2) is 0 Å². The topological polar surface area (TPSA) is 61.8 Å². The summed E-state index contributed by atoms with van der Waals surface area (Å²) in [5.74, 6) is 0.214. The number of phenolic OH excluding ortho intramolecular Hbond substituents is 1. The molecule has 1 N–H and O–H groups in total. The van der Waals surface area contributed by atoms with Gasteiger partial charge in [0.1, 0.15) is 23.0 Å². The van der Waals surface area contributed by atoms with Gasteiger partial charge in [-0.05, 0) is 23.8 Å². The smallest absolute Gasteiger partial charge is 0.146 e. The molecular formula is C17H17N3O. The van der Waals surface area contributed by atoms with Gasteiger partial charge in [0.2, 0.25) is 0 Å². The molecule has 0 atom stereocenters. The SMILES string of the molecule is CC.Cn1nc2c(-c3cccc(O)c3)cccc2c1C#N. The minimum atomic E-state index is 0.214. The average Bonchev–Trinajstić information content (AvgIpc) is 2.84. The summed E-state index contributed by atoms with van der Waals surface area (Å²) in [5.41, 5.74) is 3.10. The fourth-order valence-corrected chi connectivity index (χ4v) is 2.26. The van der Waals surface area contributed by atoms with E-state index in [1.165, 1.54) is 0 Å². The number of aromatic hydroxyl groups is 1. The molecule has 0 saturated carbocycles. The maximum Gasteiger partial charge on any atom is 0.146 e. The van der Waals surface area contributed by atoms with Gasteiger partial charge in [-0.2, -0.15) is 10.4 Å². The second-order valence-corrected chi connectivity index (χ2v) is 4.34. The van der Waals surface area contributed by atoms with Crippen LogP contribution in [-0.4, -0.2) is 14.9 Å².